The molecule has 0 aliphatic rings. The van der Waals surface area contributed by atoms with E-state index in [4.69, 9.17) is 4.74 Å². The maximum atomic E-state index is 5.76. The SMILES string of the molecule is CCCNc1ccnc(COC(C)C(C)C)c1. The van der Waals surface area contributed by atoms with E-state index in [1.807, 2.05) is 12.3 Å². The van der Waals surface area contributed by atoms with Crippen LogP contribution in [0.2, 0.25) is 0 Å². The molecule has 1 aromatic heterocycles. The first-order valence-corrected chi connectivity index (χ1v) is 6.44. The fraction of sp³-hybridized carbons (Fsp3) is 0.643. The molecule has 0 bridgehead atoms. The van der Waals surface area contributed by atoms with Gasteiger partial charge < -0.3 is 10.1 Å². The van der Waals surface area contributed by atoms with Crippen LogP contribution in [0.3, 0.4) is 0 Å². The molecule has 0 aliphatic carbocycles. The van der Waals surface area contributed by atoms with Crippen LogP contribution in [-0.2, 0) is 11.3 Å². The molecule has 0 spiro atoms. The Bertz CT molecular complexity index is 326. The highest BCUT2D eigenvalue weighted by atomic mass is 16.5. The molecule has 0 fully saturated rings. The smallest absolute Gasteiger partial charge is 0.0892 e. The standard InChI is InChI=1S/C14H24N2O/c1-5-7-15-13-6-8-16-14(9-13)10-17-12(4)11(2)3/h6,8-9,11-12H,5,7,10H2,1-4H3,(H,15,16). The summed E-state index contributed by atoms with van der Waals surface area (Å²) in [6.07, 6.45) is 3.22. The Morgan fingerprint density at radius 2 is 2.12 bits per heavy atom. The van der Waals surface area contributed by atoms with Crippen molar-refractivity contribution in [2.75, 3.05) is 11.9 Å². The topological polar surface area (TPSA) is 34.2 Å². The molecule has 0 saturated heterocycles. The van der Waals surface area contributed by atoms with Gasteiger partial charge in [-0.15, -0.1) is 0 Å². The zero-order valence-electron chi connectivity index (χ0n) is 11.4. The molecular formula is C14H24N2O. The highest BCUT2D eigenvalue weighted by Crippen LogP contribution is 2.12. The maximum Gasteiger partial charge on any atom is 0.0892 e. The fourth-order valence-corrected chi connectivity index (χ4v) is 1.35. The van der Waals surface area contributed by atoms with Crippen LogP contribution in [0.4, 0.5) is 5.69 Å². The van der Waals surface area contributed by atoms with Gasteiger partial charge in [-0.2, -0.15) is 0 Å². The molecule has 0 aromatic carbocycles. The first-order valence-electron chi connectivity index (χ1n) is 6.44. The van der Waals surface area contributed by atoms with Crippen LogP contribution in [0.5, 0.6) is 0 Å². The van der Waals surface area contributed by atoms with Crippen molar-refractivity contribution in [2.45, 2.75) is 46.8 Å². The molecule has 0 saturated carbocycles. The quantitative estimate of drug-likeness (QED) is 0.787. The Hall–Kier alpha value is -1.09. The van der Waals surface area contributed by atoms with Gasteiger partial charge in [0.15, 0.2) is 0 Å². The summed E-state index contributed by atoms with van der Waals surface area (Å²) in [4.78, 5) is 4.31. The average Bonchev–Trinajstić information content (AvgIpc) is 2.33. The van der Waals surface area contributed by atoms with Crippen molar-refractivity contribution in [3.8, 4) is 0 Å². The van der Waals surface area contributed by atoms with Gasteiger partial charge in [-0.25, -0.2) is 0 Å². The van der Waals surface area contributed by atoms with E-state index in [0.29, 0.717) is 12.5 Å². The molecule has 3 heteroatoms. The van der Waals surface area contributed by atoms with Crippen LogP contribution < -0.4 is 5.32 Å². The fourth-order valence-electron chi connectivity index (χ4n) is 1.35. The third-order valence-electron chi connectivity index (χ3n) is 2.83. The van der Waals surface area contributed by atoms with E-state index >= 15 is 0 Å². The lowest BCUT2D eigenvalue weighted by molar-refractivity contribution is 0.0218. The van der Waals surface area contributed by atoms with Crippen molar-refractivity contribution in [1.82, 2.24) is 4.98 Å². The summed E-state index contributed by atoms with van der Waals surface area (Å²) in [5.41, 5.74) is 2.11. The van der Waals surface area contributed by atoms with E-state index in [1.54, 1.807) is 0 Å². The zero-order valence-corrected chi connectivity index (χ0v) is 11.4. The number of rotatable bonds is 7. The Balaban J connectivity index is 2.48. The van der Waals surface area contributed by atoms with E-state index in [0.717, 1.165) is 24.3 Å². The summed E-state index contributed by atoms with van der Waals surface area (Å²) in [5, 5.41) is 3.35. The molecule has 1 aromatic rings. The number of aromatic nitrogens is 1. The number of nitrogens with one attached hydrogen (secondary N) is 1. The van der Waals surface area contributed by atoms with Gasteiger partial charge in [-0.3, -0.25) is 4.98 Å². The van der Waals surface area contributed by atoms with Gasteiger partial charge >= 0.3 is 0 Å². The molecule has 1 atom stereocenters. The van der Waals surface area contributed by atoms with Crippen molar-refractivity contribution in [3.05, 3.63) is 24.0 Å². The minimum atomic E-state index is 0.268. The van der Waals surface area contributed by atoms with Crippen LogP contribution in [-0.4, -0.2) is 17.6 Å². The lowest BCUT2D eigenvalue weighted by atomic mass is 10.1. The number of ether oxygens (including phenoxy) is 1. The molecule has 96 valence electrons. The van der Waals surface area contributed by atoms with E-state index < -0.39 is 0 Å². The van der Waals surface area contributed by atoms with Crippen LogP contribution in [0.25, 0.3) is 0 Å². The van der Waals surface area contributed by atoms with Gasteiger partial charge in [0.25, 0.3) is 0 Å². The van der Waals surface area contributed by atoms with Crippen LogP contribution in [0, 0.1) is 5.92 Å². The number of pyridine rings is 1. The summed E-state index contributed by atoms with van der Waals surface area (Å²) in [5.74, 6) is 0.538. The minimum Gasteiger partial charge on any atom is -0.385 e. The van der Waals surface area contributed by atoms with Crippen LogP contribution in [0.1, 0.15) is 39.8 Å². The molecule has 0 aliphatic heterocycles. The van der Waals surface area contributed by atoms with Gasteiger partial charge in [0, 0.05) is 18.4 Å². The molecule has 0 radical (unpaired) electrons. The number of hydrogen-bond donors (Lipinski definition) is 1. The number of anilines is 1. The zero-order chi connectivity index (χ0) is 12.7. The second-order valence-electron chi connectivity index (χ2n) is 4.72. The Morgan fingerprint density at radius 3 is 2.76 bits per heavy atom. The largest absolute Gasteiger partial charge is 0.385 e. The first kappa shape index (κ1) is 14.0. The summed E-state index contributed by atoms with van der Waals surface area (Å²) in [6, 6.07) is 4.05. The van der Waals surface area contributed by atoms with Crippen molar-refractivity contribution < 1.29 is 4.74 Å². The lowest BCUT2D eigenvalue weighted by Crippen LogP contribution is -2.15. The van der Waals surface area contributed by atoms with Crippen LogP contribution in [0.15, 0.2) is 18.3 Å². The van der Waals surface area contributed by atoms with Gasteiger partial charge in [0.05, 0.1) is 18.4 Å². The van der Waals surface area contributed by atoms with Gasteiger partial charge in [0.2, 0.25) is 0 Å². The normalized spacial score (nSPS) is 12.8. The van der Waals surface area contributed by atoms with Crippen molar-refractivity contribution in [1.29, 1.82) is 0 Å². The van der Waals surface area contributed by atoms with E-state index in [1.165, 1.54) is 0 Å². The van der Waals surface area contributed by atoms with Gasteiger partial charge in [0.1, 0.15) is 0 Å². The third-order valence-corrected chi connectivity index (χ3v) is 2.83. The molecule has 1 unspecified atom stereocenters. The second kappa shape index (κ2) is 7.28. The minimum absolute atomic E-state index is 0.268. The van der Waals surface area contributed by atoms with Crippen LogP contribution >= 0.6 is 0 Å². The summed E-state index contributed by atoms with van der Waals surface area (Å²) in [7, 11) is 0. The Kier molecular flexibility index (Phi) is 5.98. The predicted molar refractivity (Wildman–Crippen MR) is 72.1 cm³/mol. The molecule has 1 rings (SSSR count). The van der Waals surface area contributed by atoms with Crippen molar-refractivity contribution >= 4 is 5.69 Å². The van der Waals surface area contributed by atoms with E-state index in [9.17, 15) is 0 Å². The molecule has 0 amide bonds. The first-order chi connectivity index (χ1) is 8.13. The average molecular weight is 236 g/mol. The highest BCUT2D eigenvalue weighted by molar-refractivity contribution is 5.42. The van der Waals surface area contributed by atoms with E-state index in [-0.39, 0.29) is 6.10 Å². The van der Waals surface area contributed by atoms with Gasteiger partial charge in [-0.1, -0.05) is 20.8 Å². The summed E-state index contributed by atoms with van der Waals surface area (Å²) >= 11 is 0. The molecule has 3 nitrogen and oxygen atoms in total. The summed E-state index contributed by atoms with van der Waals surface area (Å²) in [6.45, 7) is 10.2. The molecule has 1 heterocycles. The lowest BCUT2D eigenvalue weighted by Gasteiger charge is -2.16. The third kappa shape index (κ3) is 5.18. The van der Waals surface area contributed by atoms with Gasteiger partial charge in [-0.05, 0) is 31.4 Å². The van der Waals surface area contributed by atoms with Crippen molar-refractivity contribution in [3.63, 3.8) is 0 Å². The van der Waals surface area contributed by atoms with Crippen molar-refractivity contribution in [2.24, 2.45) is 5.92 Å². The Morgan fingerprint density at radius 1 is 1.35 bits per heavy atom. The molecule has 1 N–H and O–H groups in total. The predicted octanol–water partition coefficient (Wildman–Crippen LogP) is 3.46. The number of nitrogens with zero attached hydrogens (tertiary/aromatic N) is 1. The maximum absolute atomic E-state index is 5.76. The monoisotopic (exact) mass is 236 g/mol. The molecule has 17 heavy (non-hydrogen) atoms. The molecular weight excluding hydrogens is 212 g/mol. The number of hydrogen-bond acceptors (Lipinski definition) is 3. The van der Waals surface area contributed by atoms with E-state index in [2.05, 4.69) is 44.1 Å². The Labute approximate surface area is 105 Å². The second-order valence-corrected chi connectivity index (χ2v) is 4.72. The highest BCUT2D eigenvalue weighted by Gasteiger charge is 2.07. The summed E-state index contributed by atoms with van der Waals surface area (Å²) < 4.78 is 5.76.